The molecule has 8 heteroatoms. The summed E-state index contributed by atoms with van der Waals surface area (Å²) in [6.45, 7) is 1.89. The molecule has 4 N–H and O–H groups in total. The average Bonchev–Trinajstić information content (AvgIpc) is 2.66. The van der Waals surface area contributed by atoms with Gasteiger partial charge in [0.1, 0.15) is 18.4 Å². The Hall–Kier alpha value is -3.55. The van der Waals surface area contributed by atoms with Gasteiger partial charge < -0.3 is 25.8 Å². The molecule has 0 aliphatic heterocycles. The molecule has 0 aromatic heterocycles. The zero-order chi connectivity index (χ0) is 20.5. The summed E-state index contributed by atoms with van der Waals surface area (Å²) in [6, 6.07) is 13.1. The summed E-state index contributed by atoms with van der Waals surface area (Å²) in [7, 11) is 1.47. The number of hydrogen-bond donors (Lipinski definition) is 3. The molecule has 0 bridgehead atoms. The Balaban J connectivity index is 2.03. The number of anilines is 1. The Morgan fingerprint density at radius 1 is 1.11 bits per heavy atom. The Kier molecular flexibility index (Phi) is 7.38. The van der Waals surface area contributed by atoms with E-state index in [1.165, 1.54) is 7.11 Å². The molecule has 2 aromatic rings. The molecule has 0 fully saturated rings. The van der Waals surface area contributed by atoms with Crippen molar-refractivity contribution in [2.45, 2.75) is 26.0 Å². The molecule has 0 saturated heterocycles. The first-order chi connectivity index (χ1) is 13.4. The Morgan fingerprint density at radius 3 is 2.46 bits per heavy atom. The van der Waals surface area contributed by atoms with Gasteiger partial charge in [0.15, 0.2) is 0 Å². The molecule has 0 unspecified atom stereocenters. The van der Waals surface area contributed by atoms with Gasteiger partial charge in [-0.05, 0) is 30.2 Å². The molecule has 8 nitrogen and oxygen atoms in total. The molecule has 148 valence electrons. The summed E-state index contributed by atoms with van der Waals surface area (Å²) in [4.78, 5) is 36.0. The van der Waals surface area contributed by atoms with E-state index in [4.69, 9.17) is 15.2 Å². The number of alkyl carbamates (subject to hydrolysis) is 1. The number of amides is 3. The van der Waals surface area contributed by atoms with Crippen molar-refractivity contribution < 1.29 is 23.9 Å². The second kappa shape index (κ2) is 9.96. The second-order valence-corrected chi connectivity index (χ2v) is 6.12. The number of ether oxygens (including phenoxy) is 2. The standard InChI is InChI=1S/C20H23N3O5/c1-13-8-9-17(27-2)15(10-13)22-19(25)16(11-18(21)24)23-20(26)28-12-14-6-4-3-5-7-14/h3-10,16H,11-12H2,1-2H3,(H2,21,24)(H,22,25)(H,23,26)/t16-/m0/s1. The van der Waals surface area contributed by atoms with Gasteiger partial charge in [-0.15, -0.1) is 0 Å². The van der Waals surface area contributed by atoms with E-state index < -0.39 is 23.9 Å². The Bertz CT molecular complexity index is 839. The minimum absolute atomic E-state index is 0.0310. The molecular formula is C20H23N3O5. The van der Waals surface area contributed by atoms with Gasteiger partial charge in [0.2, 0.25) is 11.8 Å². The lowest BCUT2D eigenvalue weighted by Crippen LogP contribution is -2.46. The van der Waals surface area contributed by atoms with Crippen molar-refractivity contribution in [3.63, 3.8) is 0 Å². The average molecular weight is 385 g/mol. The van der Waals surface area contributed by atoms with Crippen LogP contribution in [0.2, 0.25) is 0 Å². The van der Waals surface area contributed by atoms with E-state index in [1.54, 1.807) is 24.3 Å². The number of nitrogens with two attached hydrogens (primary N) is 1. The summed E-state index contributed by atoms with van der Waals surface area (Å²) in [6.07, 6.45) is -1.21. The van der Waals surface area contributed by atoms with Gasteiger partial charge in [0.05, 0.1) is 19.2 Å². The molecule has 0 saturated carbocycles. The smallest absolute Gasteiger partial charge is 0.408 e. The molecule has 28 heavy (non-hydrogen) atoms. The summed E-state index contributed by atoms with van der Waals surface area (Å²) >= 11 is 0. The van der Waals surface area contributed by atoms with Crippen LogP contribution in [0.3, 0.4) is 0 Å². The number of hydrogen-bond acceptors (Lipinski definition) is 5. The van der Waals surface area contributed by atoms with Crippen LogP contribution in [0.25, 0.3) is 0 Å². The van der Waals surface area contributed by atoms with Gasteiger partial charge >= 0.3 is 6.09 Å². The van der Waals surface area contributed by atoms with Crippen molar-refractivity contribution in [3.05, 3.63) is 59.7 Å². The maximum Gasteiger partial charge on any atom is 0.408 e. The number of methoxy groups -OCH3 is 1. The first kappa shape index (κ1) is 20.8. The van der Waals surface area contributed by atoms with E-state index in [2.05, 4.69) is 10.6 Å². The highest BCUT2D eigenvalue weighted by Crippen LogP contribution is 2.25. The molecule has 0 heterocycles. The first-order valence-corrected chi connectivity index (χ1v) is 8.60. The van der Waals surface area contributed by atoms with Crippen LogP contribution in [0.15, 0.2) is 48.5 Å². The van der Waals surface area contributed by atoms with Crippen molar-refractivity contribution >= 4 is 23.6 Å². The van der Waals surface area contributed by atoms with Crippen LogP contribution in [0.1, 0.15) is 17.5 Å². The summed E-state index contributed by atoms with van der Waals surface area (Å²) < 4.78 is 10.3. The Morgan fingerprint density at radius 2 is 1.82 bits per heavy atom. The highest BCUT2D eigenvalue weighted by molar-refractivity contribution is 6.00. The number of primary amides is 1. The number of rotatable bonds is 8. The fourth-order valence-electron chi connectivity index (χ4n) is 2.46. The summed E-state index contributed by atoms with van der Waals surface area (Å²) in [5.74, 6) is -0.900. The number of carbonyl (C=O) groups is 3. The van der Waals surface area contributed by atoms with E-state index in [9.17, 15) is 14.4 Å². The topological polar surface area (TPSA) is 120 Å². The van der Waals surface area contributed by atoms with Gasteiger partial charge in [-0.2, -0.15) is 0 Å². The molecular weight excluding hydrogens is 362 g/mol. The SMILES string of the molecule is COc1ccc(C)cc1NC(=O)[C@H](CC(N)=O)NC(=O)OCc1ccccc1. The highest BCUT2D eigenvalue weighted by Gasteiger charge is 2.24. The fourth-order valence-corrected chi connectivity index (χ4v) is 2.46. The van der Waals surface area contributed by atoms with E-state index >= 15 is 0 Å². The third-order valence-corrected chi connectivity index (χ3v) is 3.84. The van der Waals surface area contributed by atoms with Gasteiger partial charge in [0, 0.05) is 0 Å². The number of nitrogens with one attached hydrogen (secondary N) is 2. The van der Waals surface area contributed by atoms with E-state index in [0.717, 1.165) is 11.1 Å². The van der Waals surface area contributed by atoms with Gasteiger partial charge in [-0.3, -0.25) is 9.59 Å². The number of benzene rings is 2. The minimum atomic E-state index is -1.19. The number of carbonyl (C=O) groups excluding carboxylic acids is 3. The predicted molar refractivity (Wildman–Crippen MR) is 104 cm³/mol. The zero-order valence-electron chi connectivity index (χ0n) is 15.7. The van der Waals surface area contributed by atoms with Crippen LogP contribution in [-0.2, 0) is 20.9 Å². The molecule has 0 spiro atoms. The molecule has 0 aliphatic rings. The van der Waals surface area contributed by atoms with Gasteiger partial charge in [0.25, 0.3) is 0 Å². The molecule has 3 amide bonds. The number of aryl methyl sites for hydroxylation is 1. The third-order valence-electron chi connectivity index (χ3n) is 3.84. The summed E-state index contributed by atoms with van der Waals surface area (Å²) in [5.41, 5.74) is 7.32. The molecule has 0 radical (unpaired) electrons. The summed E-state index contributed by atoms with van der Waals surface area (Å²) in [5, 5.41) is 5.02. The van der Waals surface area contributed by atoms with Crippen LogP contribution in [0.5, 0.6) is 5.75 Å². The van der Waals surface area contributed by atoms with Gasteiger partial charge in [-0.1, -0.05) is 36.4 Å². The zero-order valence-corrected chi connectivity index (χ0v) is 15.7. The normalized spacial score (nSPS) is 11.2. The molecule has 2 aromatic carbocycles. The van der Waals surface area contributed by atoms with Crippen LogP contribution < -0.4 is 21.1 Å². The lowest BCUT2D eigenvalue weighted by Gasteiger charge is -2.18. The van der Waals surface area contributed by atoms with Crippen LogP contribution in [0.4, 0.5) is 10.5 Å². The molecule has 2 rings (SSSR count). The molecule has 0 aliphatic carbocycles. The first-order valence-electron chi connectivity index (χ1n) is 8.60. The van der Waals surface area contributed by atoms with Gasteiger partial charge in [-0.25, -0.2) is 4.79 Å². The van der Waals surface area contributed by atoms with Crippen molar-refractivity contribution in [3.8, 4) is 5.75 Å². The quantitative estimate of drug-likeness (QED) is 0.643. The monoisotopic (exact) mass is 385 g/mol. The van der Waals surface area contributed by atoms with Crippen molar-refractivity contribution in [2.24, 2.45) is 5.73 Å². The third kappa shape index (κ3) is 6.31. The lowest BCUT2D eigenvalue weighted by atomic mass is 10.1. The second-order valence-electron chi connectivity index (χ2n) is 6.12. The van der Waals surface area contributed by atoms with Crippen molar-refractivity contribution in [2.75, 3.05) is 12.4 Å². The van der Waals surface area contributed by atoms with E-state index in [0.29, 0.717) is 11.4 Å². The van der Waals surface area contributed by atoms with E-state index in [-0.39, 0.29) is 13.0 Å². The Labute approximate surface area is 163 Å². The maximum atomic E-state index is 12.6. The van der Waals surface area contributed by atoms with Crippen molar-refractivity contribution in [1.82, 2.24) is 5.32 Å². The molecule has 1 atom stereocenters. The largest absolute Gasteiger partial charge is 0.495 e. The highest BCUT2D eigenvalue weighted by atomic mass is 16.5. The fraction of sp³-hybridized carbons (Fsp3) is 0.250. The van der Waals surface area contributed by atoms with Crippen molar-refractivity contribution in [1.29, 1.82) is 0 Å². The minimum Gasteiger partial charge on any atom is -0.495 e. The maximum absolute atomic E-state index is 12.6. The van der Waals surface area contributed by atoms with E-state index in [1.807, 2.05) is 31.2 Å². The van der Waals surface area contributed by atoms with Crippen LogP contribution in [-0.4, -0.2) is 31.1 Å². The van der Waals surface area contributed by atoms with Crippen LogP contribution in [0, 0.1) is 6.92 Å². The predicted octanol–water partition coefficient (Wildman–Crippen LogP) is 2.11. The lowest BCUT2D eigenvalue weighted by molar-refractivity contribution is -0.123. The van der Waals surface area contributed by atoms with Crippen LogP contribution >= 0.6 is 0 Å².